The molecule has 0 aliphatic carbocycles. The average Bonchev–Trinajstić information content (AvgIpc) is 2.48. The molecule has 1 aromatic rings. The summed E-state index contributed by atoms with van der Waals surface area (Å²) in [6, 6.07) is 7.55. The summed E-state index contributed by atoms with van der Waals surface area (Å²) in [7, 11) is 1.67. The number of benzene rings is 1. The van der Waals surface area contributed by atoms with Crippen molar-refractivity contribution in [3.05, 3.63) is 34.3 Å². The molecule has 20 heavy (non-hydrogen) atoms. The smallest absolute Gasteiger partial charge is 0.255 e. The van der Waals surface area contributed by atoms with Gasteiger partial charge in [0, 0.05) is 24.7 Å². The van der Waals surface area contributed by atoms with E-state index in [0.29, 0.717) is 13.2 Å². The van der Waals surface area contributed by atoms with Crippen LogP contribution in [-0.2, 0) is 9.47 Å². The third-order valence-electron chi connectivity index (χ3n) is 3.47. The Morgan fingerprint density at radius 1 is 1.30 bits per heavy atom. The maximum Gasteiger partial charge on any atom is 0.255 e. The van der Waals surface area contributed by atoms with E-state index in [1.54, 1.807) is 7.11 Å². The van der Waals surface area contributed by atoms with Crippen LogP contribution in [-0.4, -0.2) is 50.3 Å². The molecule has 2 rings (SSSR count). The van der Waals surface area contributed by atoms with Gasteiger partial charge < -0.3 is 14.4 Å². The zero-order valence-corrected chi connectivity index (χ0v) is 13.3. The van der Waals surface area contributed by atoms with E-state index >= 15 is 0 Å². The summed E-state index contributed by atoms with van der Waals surface area (Å²) in [6.45, 7) is 2.74. The second-order valence-corrected chi connectivity index (χ2v) is 5.69. The number of nitrogens with zero attached hydrogens (tertiary/aromatic N) is 1. The molecule has 1 aliphatic rings. The van der Waals surface area contributed by atoms with Crippen molar-refractivity contribution < 1.29 is 14.3 Å². The Bertz CT molecular complexity index is 444. The van der Waals surface area contributed by atoms with Crippen molar-refractivity contribution in [2.24, 2.45) is 0 Å². The minimum Gasteiger partial charge on any atom is -0.382 e. The normalized spacial score (nSPS) is 16.4. The number of halogens is 1. The zero-order chi connectivity index (χ0) is 14.4. The van der Waals surface area contributed by atoms with Crippen LogP contribution >= 0.6 is 15.9 Å². The molecule has 1 saturated heterocycles. The van der Waals surface area contributed by atoms with Crippen molar-refractivity contribution in [3.8, 4) is 0 Å². The first-order valence-electron chi connectivity index (χ1n) is 6.86. The van der Waals surface area contributed by atoms with Crippen LogP contribution in [0.25, 0.3) is 0 Å². The molecule has 0 atom stereocenters. The third kappa shape index (κ3) is 4.04. The molecule has 0 aromatic heterocycles. The quantitative estimate of drug-likeness (QED) is 0.773. The van der Waals surface area contributed by atoms with Gasteiger partial charge in [-0.1, -0.05) is 12.1 Å². The maximum absolute atomic E-state index is 12.4. The summed E-state index contributed by atoms with van der Waals surface area (Å²) >= 11 is 3.43. The summed E-state index contributed by atoms with van der Waals surface area (Å²) in [4.78, 5) is 14.3. The zero-order valence-electron chi connectivity index (χ0n) is 11.7. The first-order chi connectivity index (χ1) is 9.72. The molecular weight excluding hydrogens is 322 g/mol. The number of carbonyl (C=O) groups excluding carboxylic acids is 1. The van der Waals surface area contributed by atoms with E-state index in [4.69, 9.17) is 9.47 Å². The molecule has 0 saturated carbocycles. The number of rotatable bonds is 5. The fourth-order valence-electron chi connectivity index (χ4n) is 2.33. The molecule has 1 fully saturated rings. The van der Waals surface area contributed by atoms with Crippen molar-refractivity contribution >= 4 is 21.8 Å². The van der Waals surface area contributed by atoms with Gasteiger partial charge in [0.1, 0.15) is 0 Å². The summed E-state index contributed by atoms with van der Waals surface area (Å²) in [6.07, 6.45) is 2.02. The van der Waals surface area contributed by atoms with Gasteiger partial charge in [0.15, 0.2) is 0 Å². The van der Waals surface area contributed by atoms with E-state index in [1.165, 1.54) is 0 Å². The van der Waals surface area contributed by atoms with Crippen LogP contribution < -0.4 is 0 Å². The minimum atomic E-state index is 0.0906. The van der Waals surface area contributed by atoms with E-state index in [-0.39, 0.29) is 12.0 Å². The van der Waals surface area contributed by atoms with E-state index in [2.05, 4.69) is 15.9 Å². The molecule has 1 aromatic carbocycles. The molecule has 0 N–H and O–H groups in total. The molecule has 4 nitrogen and oxygen atoms in total. The Labute approximate surface area is 128 Å². The molecule has 0 bridgehead atoms. The standard InChI is InChI=1S/C15H20BrNO3/c1-19-10-11-20-12-6-8-17(9-7-12)15(18)13-4-2-3-5-14(13)16/h2-5,12H,6-11H2,1H3. The van der Waals surface area contributed by atoms with Gasteiger partial charge in [-0.3, -0.25) is 4.79 Å². The SMILES string of the molecule is COCCOC1CCN(C(=O)c2ccccc2Br)CC1. The molecule has 1 aliphatic heterocycles. The molecule has 110 valence electrons. The van der Waals surface area contributed by atoms with Gasteiger partial charge in [-0.05, 0) is 40.9 Å². The Balaban J connectivity index is 1.85. The topological polar surface area (TPSA) is 38.8 Å². The highest BCUT2D eigenvalue weighted by molar-refractivity contribution is 9.10. The predicted octanol–water partition coefficient (Wildman–Crippen LogP) is 2.72. The second kappa shape index (κ2) is 7.76. The Morgan fingerprint density at radius 3 is 2.65 bits per heavy atom. The van der Waals surface area contributed by atoms with Crippen molar-refractivity contribution in [2.45, 2.75) is 18.9 Å². The van der Waals surface area contributed by atoms with E-state index < -0.39 is 0 Å². The highest BCUT2D eigenvalue weighted by atomic mass is 79.9. The van der Waals surface area contributed by atoms with Gasteiger partial charge in [-0.2, -0.15) is 0 Å². The predicted molar refractivity (Wildman–Crippen MR) is 80.9 cm³/mol. The average molecular weight is 342 g/mol. The number of carbonyl (C=O) groups is 1. The largest absolute Gasteiger partial charge is 0.382 e. The number of piperidine rings is 1. The van der Waals surface area contributed by atoms with E-state index in [1.807, 2.05) is 29.2 Å². The van der Waals surface area contributed by atoms with Crippen molar-refractivity contribution in [1.29, 1.82) is 0 Å². The van der Waals surface area contributed by atoms with Crippen LogP contribution in [0, 0.1) is 0 Å². The lowest BCUT2D eigenvalue weighted by Gasteiger charge is -2.32. The van der Waals surface area contributed by atoms with Crippen LogP contribution in [0.5, 0.6) is 0 Å². The fourth-order valence-corrected chi connectivity index (χ4v) is 2.78. The minimum absolute atomic E-state index is 0.0906. The molecular formula is C15H20BrNO3. The lowest BCUT2D eigenvalue weighted by atomic mass is 10.1. The van der Waals surface area contributed by atoms with Gasteiger partial charge in [0.05, 0.1) is 24.9 Å². The maximum atomic E-state index is 12.4. The highest BCUT2D eigenvalue weighted by Gasteiger charge is 2.24. The summed E-state index contributed by atoms with van der Waals surface area (Å²) in [5.74, 6) is 0.0906. The number of ether oxygens (including phenoxy) is 2. The molecule has 1 amide bonds. The van der Waals surface area contributed by atoms with Crippen LogP contribution in [0.1, 0.15) is 23.2 Å². The number of methoxy groups -OCH3 is 1. The summed E-state index contributed by atoms with van der Waals surface area (Å²) in [5, 5.41) is 0. The van der Waals surface area contributed by atoms with Gasteiger partial charge in [-0.15, -0.1) is 0 Å². The summed E-state index contributed by atoms with van der Waals surface area (Å²) in [5.41, 5.74) is 0.728. The van der Waals surface area contributed by atoms with E-state index in [9.17, 15) is 4.79 Å². The first-order valence-corrected chi connectivity index (χ1v) is 7.66. The van der Waals surface area contributed by atoms with Gasteiger partial charge >= 0.3 is 0 Å². The molecule has 0 radical (unpaired) electrons. The highest BCUT2D eigenvalue weighted by Crippen LogP contribution is 2.21. The van der Waals surface area contributed by atoms with Crippen molar-refractivity contribution in [1.82, 2.24) is 4.90 Å². The number of amides is 1. The van der Waals surface area contributed by atoms with Crippen LogP contribution in [0.4, 0.5) is 0 Å². The molecule has 5 heteroatoms. The van der Waals surface area contributed by atoms with Crippen LogP contribution in [0.2, 0.25) is 0 Å². The van der Waals surface area contributed by atoms with E-state index in [0.717, 1.165) is 36.0 Å². The summed E-state index contributed by atoms with van der Waals surface area (Å²) < 4.78 is 11.5. The number of hydrogen-bond acceptors (Lipinski definition) is 3. The molecule has 1 heterocycles. The van der Waals surface area contributed by atoms with Crippen molar-refractivity contribution in [2.75, 3.05) is 33.4 Å². The van der Waals surface area contributed by atoms with Crippen LogP contribution in [0.3, 0.4) is 0 Å². The second-order valence-electron chi connectivity index (χ2n) is 4.83. The number of hydrogen-bond donors (Lipinski definition) is 0. The fraction of sp³-hybridized carbons (Fsp3) is 0.533. The lowest BCUT2D eigenvalue weighted by molar-refractivity contribution is -0.0122. The Hall–Kier alpha value is -0.910. The van der Waals surface area contributed by atoms with Gasteiger partial charge in [0.25, 0.3) is 5.91 Å². The first kappa shape index (κ1) is 15.5. The van der Waals surface area contributed by atoms with Crippen molar-refractivity contribution in [3.63, 3.8) is 0 Å². The number of likely N-dealkylation sites (tertiary alicyclic amines) is 1. The molecule has 0 spiro atoms. The third-order valence-corrected chi connectivity index (χ3v) is 4.17. The lowest BCUT2D eigenvalue weighted by Crippen LogP contribution is -2.41. The van der Waals surface area contributed by atoms with Crippen LogP contribution in [0.15, 0.2) is 28.7 Å². The molecule has 0 unspecified atom stereocenters. The van der Waals surface area contributed by atoms with Gasteiger partial charge in [-0.25, -0.2) is 0 Å². The monoisotopic (exact) mass is 341 g/mol. The Kier molecular flexibility index (Phi) is 6.01. The Morgan fingerprint density at radius 2 is 2.00 bits per heavy atom. The van der Waals surface area contributed by atoms with Gasteiger partial charge in [0.2, 0.25) is 0 Å².